The fraction of sp³-hybridized carbons (Fsp3) is 0.0833. The van der Waals surface area contributed by atoms with Gasteiger partial charge in [0.1, 0.15) is 11.2 Å². The van der Waals surface area contributed by atoms with E-state index in [4.69, 9.17) is 4.42 Å². The van der Waals surface area contributed by atoms with Crippen molar-refractivity contribution in [1.82, 2.24) is 0 Å². The van der Waals surface area contributed by atoms with Crippen LogP contribution >= 0.6 is 23.1 Å². The first-order chi connectivity index (χ1) is 26.4. The molecule has 0 radical (unpaired) electrons. The van der Waals surface area contributed by atoms with Gasteiger partial charge in [-0.25, -0.2) is 0 Å². The summed E-state index contributed by atoms with van der Waals surface area (Å²) in [7, 11) is 0. The van der Waals surface area contributed by atoms with Gasteiger partial charge in [-0.3, -0.25) is 0 Å². The molecular weight excluding hydrogens is 695 g/mol. The molecule has 0 amide bonds. The lowest BCUT2D eigenvalue weighted by atomic mass is 9.43. The second kappa shape index (κ2) is 10.9. The van der Waals surface area contributed by atoms with Gasteiger partial charge in [-0.15, -0.1) is 11.3 Å². The number of nitrogens with zero attached hydrogens (tertiary/aromatic N) is 2. The summed E-state index contributed by atoms with van der Waals surface area (Å²) in [5.41, 5.74) is 15.6. The number of hydrogen-bond acceptors (Lipinski definition) is 5. The number of para-hydroxylation sites is 3. The number of fused-ring (bicyclic) bond motifs is 12. The number of rotatable bonds is 2. The molecule has 54 heavy (non-hydrogen) atoms. The molecule has 0 atom stereocenters. The summed E-state index contributed by atoms with van der Waals surface area (Å²) in [5, 5.41) is 4.86. The molecule has 9 aromatic rings. The van der Waals surface area contributed by atoms with E-state index in [1.54, 1.807) is 0 Å². The molecular formula is C48H33BN2OS2. The largest absolute Gasteiger partial charge is 0.455 e. The third-order valence-electron chi connectivity index (χ3n) is 11.6. The SMILES string of the molecule is CC(C)(C)c1ccc(N2c3cc4c(oc5ccccc54)c4c3B(c3c2sc2ccccc32)N2c3ccccc3Sc3cccc-4c32)c(-c2ccccc2)c1. The Hall–Kier alpha value is -5.69. The van der Waals surface area contributed by atoms with Gasteiger partial charge in [0.2, 0.25) is 0 Å². The van der Waals surface area contributed by atoms with Gasteiger partial charge in [-0.05, 0) is 81.4 Å². The summed E-state index contributed by atoms with van der Waals surface area (Å²) < 4.78 is 8.27. The fourth-order valence-electron chi connectivity index (χ4n) is 9.17. The van der Waals surface area contributed by atoms with Crippen molar-refractivity contribution in [2.45, 2.75) is 36.0 Å². The molecule has 3 nitrogen and oxygen atoms in total. The molecule has 6 heteroatoms. The molecule has 256 valence electrons. The molecule has 3 aliphatic rings. The highest BCUT2D eigenvalue weighted by Gasteiger charge is 2.50. The summed E-state index contributed by atoms with van der Waals surface area (Å²) >= 11 is 3.78. The Morgan fingerprint density at radius 1 is 0.593 bits per heavy atom. The van der Waals surface area contributed by atoms with Gasteiger partial charge < -0.3 is 14.1 Å². The Morgan fingerprint density at radius 3 is 2.22 bits per heavy atom. The van der Waals surface area contributed by atoms with Crippen LogP contribution in [0.15, 0.2) is 160 Å². The minimum atomic E-state index is -0.0697. The second-order valence-corrected chi connectivity index (χ2v) is 17.8. The van der Waals surface area contributed by atoms with Gasteiger partial charge in [0.25, 0.3) is 0 Å². The molecule has 0 aliphatic carbocycles. The first kappa shape index (κ1) is 30.7. The summed E-state index contributed by atoms with van der Waals surface area (Å²) in [4.78, 5) is 7.82. The van der Waals surface area contributed by atoms with Crippen molar-refractivity contribution in [3.05, 3.63) is 151 Å². The van der Waals surface area contributed by atoms with E-state index in [1.807, 2.05) is 23.1 Å². The van der Waals surface area contributed by atoms with Gasteiger partial charge in [-0.2, -0.15) is 0 Å². The Morgan fingerprint density at radius 2 is 1.35 bits per heavy atom. The minimum absolute atomic E-state index is 0.00725. The number of thiophene rings is 1. The Labute approximate surface area is 322 Å². The lowest BCUT2D eigenvalue weighted by Gasteiger charge is -2.47. The fourth-order valence-corrected chi connectivity index (χ4v) is 11.5. The molecule has 0 saturated heterocycles. The topological polar surface area (TPSA) is 19.6 Å². The molecule has 12 rings (SSSR count). The van der Waals surface area contributed by atoms with Gasteiger partial charge in [0.15, 0.2) is 0 Å². The summed E-state index contributed by atoms with van der Waals surface area (Å²) in [6.07, 6.45) is 0. The zero-order valence-electron chi connectivity index (χ0n) is 30.1. The lowest BCUT2D eigenvalue weighted by molar-refractivity contribution is 0.590. The van der Waals surface area contributed by atoms with E-state index in [0.717, 1.165) is 21.9 Å². The maximum absolute atomic E-state index is 6.98. The van der Waals surface area contributed by atoms with Crippen molar-refractivity contribution in [3.8, 4) is 22.3 Å². The average molecular weight is 729 g/mol. The zero-order valence-corrected chi connectivity index (χ0v) is 31.7. The quantitative estimate of drug-likeness (QED) is 0.165. The molecule has 2 aromatic heterocycles. The van der Waals surface area contributed by atoms with E-state index >= 15 is 0 Å². The van der Waals surface area contributed by atoms with Crippen molar-refractivity contribution in [2.75, 3.05) is 9.71 Å². The van der Waals surface area contributed by atoms with E-state index in [9.17, 15) is 0 Å². The number of hydrogen-bond donors (Lipinski definition) is 0. The molecule has 5 heterocycles. The molecule has 0 fully saturated rings. The van der Waals surface area contributed by atoms with E-state index < -0.39 is 0 Å². The van der Waals surface area contributed by atoms with Crippen LogP contribution in [0.2, 0.25) is 0 Å². The predicted octanol–water partition coefficient (Wildman–Crippen LogP) is 12.9. The van der Waals surface area contributed by atoms with E-state index in [0.29, 0.717) is 0 Å². The van der Waals surface area contributed by atoms with E-state index in [2.05, 4.69) is 176 Å². The normalized spacial score (nSPS) is 14.0. The highest BCUT2D eigenvalue weighted by atomic mass is 32.2. The van der Waals surface area contributed by atoms with Gasteiger partial charge in [0, 0.05) is 53.3 Å². The van der Waals surface area contributed by atoms with Crippen LogP contribution < -0.4 is 20.6 Å². The molecule has 0 unspecified atom stereocenters. The van der Waals surface area contributed by atoms with E-state index in [1.165, 1.54) is 86.4 Å². The Bertz CT molecular complexity index is 3050. The van der Waals surface area contributed by atoms with Crippen LogP contribution in [-0.2, 0) is 5.41 Å². The third kappa shape index (κ3) is 4.10. The van der Waals surface area contributed by atoms with E-state index in [-0.39, 0.29) is 12.3 Å². The lowest BCUT2D eigenvalue weighted by Crippen LogP contribution is -2.61. The average Bonchev–Trinajstić information content (AvgIpc) is 3.77. The maximum Gasteiger partial charge on any atom is 0.334 e. The molecule has 0 saturated carbocycles. The van der Waals surface area contributed by atoms with Crippen LogP contribution in [0.3, 0.4) is 0 Å². The monoisotopic (exact) mass is 728 g/mol. The number of anilines is 5. The van der Waals surface area contributed by atoms with Crippen LogP contribution in [0.5, 0.6) is 0 Å². The molecule has 0 spiro atoms. The van der Waals surface area contributed by atoms with Crippen molar-refractivity contribution < 1.29 is 4.42 Å². The molecule has 7 aromatic carbocycles. The van der Waals surface area contributed by atoms with Crippen molar-refractivity contribution in [3.63, 3.8) is 0 Å². The predicted molar refractivity (Wildman–Crippen MR) is 231 cm³/mol. The van der Waals surface area contributed by atoms with Gasteiger partial charge >= 0.3 is 6.85 Å². The highest BCUT2D eigenvalue weighted by Crippen LogP contribution is 2.58. The highest BCUT2D eigenvalue weighted by molar-refractivity contribution is 7.99. The minimum Gasteiger partial charge on any atom is -0.455 e. The first-order valence-corrected chi connectivity index (χ1v) is 20.3. The standard InChI is InChI=1S/C48H33BN2OS2/c1-48(2,3)29-24-25-35(33(26-29)28-14-5-4-6-15-28)50-37-27-34-30-16-7-10-20-38(30)52-46(34)42-32-18-13-23-41-45(32)51(36-19-9-12-22-40(36)53-41)49(44(37)42)43-31-17-8-11-21-39(31)54-47(43)50/h4-27H,1-3H3. The zero-order chi connectivity index (χ0) is 35.9. The summed E-state index contributed by atoms with van der Waals surface area (Å²) in [6, 6.07) is 53.9. The van der Waals surface area contributed by atoms with Crippen molar-refractivity contribution in [2.24, 2.45) is 0 Å². The van der Waals surface area contributed by atoms with Crippen molar-refractivity contribution >= 4 is 101 Å². The van der Waals surface area contributed by atoms with Crippen LogP contribution in [0.1, 0.15) is 26.3 Å². The smallest absolute Gasteiger partial charge is 0.334 e. The molecule has 0 bridgehead atoms. The number of furan rings is 1. The Balaban J connectivity index is 1.28. The second-order valence-electron chi connectivity index (χ2n) is 15.7. The third-order valence-corrected chi connectivity index (χ3v) is 13.9. The molecule has 3 aliphatic heterocycles. The summed E-state index contributed by atoms with van der Waals surface area (Å²) in [6.45, 7) is 6.85. The number of benzene rings is 7. The summed E-state index contributed by atoms with van der Waals surface area (Å²) in [5.74, 6) is 0. The van der Waals surface area contributed by atoms with Crippen LogP contribution in [0.25, 0.3) is 54.3 Å². The van der Waals surface area contributed by atoms with Crippen molar-refractivity contribution in [1.29, 1.82) is 0 Å². The van der Waals surface area contributed by atoms with Crippen LogP contribution in [0.4, 0.5) is 27.8 Å². The van der Waals surface area contributed by atoms with Crippen LogP contribution in [-0.4, -0.2) is 6.85 Å². The van der Waals surface area contributed by atoms with Gasteiger partial charge in [-0.1, -0.05) is 130 Å². The first-order valence-electron chi connectivity index (χ1n) is 18.6. The molecule has 0 N–H and O–H groups in total. The Kier molecular flexibility index (Phi) is 6.23. The van der Waals surface area contributed by atoms with Crippen LogP contribution in [0, 0.1) is 0 Å². The maximum atomic E-state index is 6.98. The van der Waals surface area contributed by atoms with Gasteiger partial charge in [0.05, 0.1) is 16.4 Å².